The number of carbonyl (C=O) groups excluding carboxylic acids is 2. The Bertz CT molecular complexity index is 177. The number of hydrogen-bond acceptors (Lipinski definition) is 4. The number of halogens is 1. The van der Waals surface area contributed by atoms with Gasteiger partial charge in [0.2, 0.25) is 0 Å². The molecule has 0 bridgehead atoms. The molecule has 0 saturated carbocycles. The second kappa shape index (κ2) is 12.3. The largest absolute Gasteiger partial charge is 1.00 e. The molecule has 0 saturated heterocycles. The molecule has 0 aliphatic rings. The summed E-state index contributed by atoms with van der Waals surface area (Å²) in [5.41, 5.74) is 0. The van der Waals surface area contributed by atoms with Crippen LogP contribution in [0.3, 0.4) is 0 Å². The van der Waals surface area contributed by atoms with Crippen molar-refractivity contribution in [3.63, 3.8) is 0 Å². The Labute approximate surface area is 132 Å². The van der Waals surface area contributed by atoms with Crippen molar-refractivity contribution in [1.82, 2.24) is 0 Å². The minimum Gasteiger partial charge on any atom is -0.550 e. The van der Waals surface area contributed by atoms with Gasteiger partial charge in [0.25, 0.3) is 0 Å². The third-order valence-corrected chi connectivity index (χ3v) is 1.74. The maximum Gasteiger partial charge on any atom is 1.00 e. The Hall–Kier alpha value is 1.23. The molecule has 0 heterocycles. The summed E-state index contributed by atoms with van der Waals surface area (Å²) < 4.78 is 0. The van der Waals surface area contributed by atoms with E-state index in [1.165, 1.54) is 0 Å². The third kappa shape index (κ3) is 13.2. The first kappa shape index (κ1) is 20.6. The Morgan fingerprint density at radius 3 is 2.00 bits per heavy atom. The van der Waals surface area contributed by atoms with Crippen LogP contribution in [-0.2, 0) is 9.59 Å². The van der Waals surface area contributed by atoms with Gasteiger partial charge in [0.1, 0.15) is 0 Å². The Morgan fingerprint density at radius 2 is 1.64 bits per heavy atom. The molecular formula is C7H9ClNa2O4. The molecule has 7 heteroatoms. The average molecular weight is 239 g/mol. The van der Waals surface area contributed by atoms with E-state index in [1.807, 2.05) is 0 Å². The summed E-state index contributed by atoms with van der Waals surface area (Å²) >= 11 is 5.31. The Morgan fingerprint density at radius 1 is 1.14 bits per heavy atom. The molecule has 0 aliphatic carbocycles. The zero-order chi connectivity index (χ0) is 9.56. The van der Waals surface area contributed by atoms with Gasteiger partial charge in [0.05, 0.1) is 11.3 Å². The van der Waals surface area contributed by atoms with E-state index in [1.54, 1.807) is 0 Å². The summed E-state index contributed by atoms with van der Waals surface area (Å²) in [6.45, 7) is 0. The predicted molar refractivity (Wildman–Crippen MR) is 38.1 cm³/mol. The van der Waals surface area contributed by atoms with Crippen LogP contribution in [0, 0.1) is 0 Å². The van der Waals surface area contributed by atoms with Gasteiger partial charge in [-0.25, -0.2) is 0 Å². The summed E-state index contributed by atoms with van der Waals surface area (Å²) in [5.74, 6) is -2.44. The summed E-state index contributed by atoms with van der Waals surface area (Å²) in [4.78, 5) is 20.0. The minimum atomic E-state index is -1.31. The molecule has 1 atom stereocenters. The average Bonchev–Trinajstić information content (AvgIpc) is 1.97. The summed E-state index contributed by atoms with van der Waals surface area (Å²) in [6.07, 6.45) is 1.02. The molecule has 0 aromatic heterocycles. The van der Waals surface area contributed by atoms with Crippen LogP contribution in [0.15, 0.2) is 0 Å². The molecule has 0 radical (unpaired) electrons. The molecule has 0 rings (SSSR count). The van der Waals surface area contributed by atoms with Crippen LogP contribution in [0.2, 0.25) is 0 Å². The van der Waals surface area contributed by atoms with Crippen molar-refractivity contribution < 1.29 is 78.9 Å². The number of carboxylic acids is 2. The fourth-order valence-electron chi connectivity index (χ4n) is 0.711. The van der Waals surface area contributed by atoms with Crippen LogP contribution in [0.5, 0.6) is 0 Å². The molecular weight excluding hydrogens is 230 g/mol. The molecule has 4 nitrogen and oxygen atoms in total. The Kier molecular flexibility index (Phi) is 18.1. The van der Waals surface area contributed by atoms with Crippen molar-refractivity contribution in [1.29, 1.82) is 0 Å². The molecule has 14 heavy (non-hydrogen) atoms. The van der Waals surface area contributed by atoms with Crippen LogP contribution in [0.25, 0.3) is 0 Å². The first-order chi connectivity index (χ1) is 5.54. The van der Waals surface area contributed by atoms with Crippen molar-refractivity contribution in [2.24, 2.45) is 0 Å². The normalized spacial score (nSPS) is 10.6. The minimum absolute atomic E-state index is 0. The molecule has 0 aromatic carbocycles. The maximum absolute atomic E-state index is 10.1. The number of alkyl halides is 1. The van der Waals surface area contributed by atoms with Crippen LogP contribution in [0.1, 0.15) is 25.7 Å². The van der Waals surface area contributed by atoms with E-state index in [4.69, 9.17) is 11.6 Å². The second-order valence-corrected chi connectivity index (χ2v) is 2.93. The monoisotopic (exact) mass is 238 g/mol. The van der Waals surface area contributed by atoms with E-state index in [-0.39, 0.29) is 72.0 Å². The quantitative estimate of drug-likeness (QED) is 0.262. The van der Waals surface area contributed by atoms with E-state index in [0.29, 0.717) is 12.8 Å². The van der Waals surface area contributed by atoms with Gasteiger partial charge in [-0.1, -0.05) is 6.42 Å². The summed E-state index contributed by atoms with van der Waals surface area (Å²) in [6, 6.07) is 0. The number of carboxylic acid groups (broad SMARTS) is 2. The number of unbranched alkanes of at least 4 members (excludes halogenated alkanes) is 1. The smallest absolute Gasteiger partial charge is 0.550 e. The predicted octanol–water partition coefficient (Wildman–Crippen LogP) is -7.34. The zero-order valence-corrected chi connectivity index (χ0v) is 13.2. The van der Waals surface area contributed by atoms with Crippen molar-refractivity contribution in [2.75, 3.05) is 0 Å². The van der Waals surface area contributed by atoms with Gasteiger partial charge in [-0.3, -0.25) is 0 Å². The molecule has 0 N–H and O–H groups in total. The van der Waals surface area contributed by atoms with Crippen LogP contribution in [-0.4, -0.2) is 17.3 Å². The molecule has 0 fully saturated rings. The standard InChI is InChI=1S/C7H11ClO4.2Na/c8-5(7(11)12)3-1-2-4-6(9)10;;/h5H,1-4H2,(H,9,10)(H,11,12);;/q;2*+1/p-2. The van der Waals surface area contributed by atoms with Crippen LogP contribution >= 0.6 is 11.6 Å². The number of carbonyl (C=O) groups is 2. The molecule has 0 aromatic rings. The molecule has 1 unspecified atom stereocenters. The van der Waals surface area contributed by atoms with E-state index in [9.17, 15) is 19.8 Å². The van der Waals surface area contributed by atoms with Gasteiger partial charge in [-0.05, 0) is 19.3 Å². The van der Waals surface area contributed by atoms with Gasteiger partial charge in [-0.2, -0.15) is 0 Å². The van der Waals surface area contributed by atoms with Crippen molar-refractivity contribution >= 4 is 23.5 Å². The molecule has 0 spiro atoms. The Balaban J connectivity index is -0.000000605. The van der Waals surface area contributed by atoms with Crippen molar-refractivity contribution in [3.05, 3.63) is 0 Å². The van der Waals surface area contributed by atoms with Crippen molar-refractivity contribution in [3.8, 4) is 0 Å². The fraction of sp³-hybridized carbons (Fsp3) is 0.714. The van der Waals surface area contributed by atoms with E-state index >= 15 is 0 Å². The van der Waals surface area contributed by atoms with Crippen molar-refractivity contribution in [2.45, 2.75) is 31.1 Å². The van der Waals surface area contributed by atoms with Crippen LogP contribution < -0.4 is 69.3 Å². The summed E-state index contributed by atoms with van der Waals surface area (Å²) in [5, 5.41) is 18.9. The van der Waals surface area contributed by atoms with Gasteiger partial charge in [0.15, 0.2) is 0 Å². The molecule has 70 valence electrons. The van der Waals surface area contributed by atoms with E-state index in [0.717, 1.165) is 0 Å². The van der Waals surface area contributed by atoms with Gasteiger partial charge in [-0.15, -0.1) is 11.6 Å². The molecule has 0 amide bonds. The maximum atomic E-state index is 10.1. The second-order valence-electron chi connectivity index (χ2n) is 2.40. The zero-order valence-electron chi connectivity index (χ0n) is 8.42. The van der Waals surface area contributed by atoms with Gasteiger partial charge < -0.3 is 19.8 Å². The number of aliphatic carboxylic acids is 2. The number of hydrogen-bond donors (Lipinski definition) is 0. The van der Waals surface area contributed by atoms with Gasteiger partial charge in [0, 0.05) is 5.97 Å². The summed E-state index contributed by atoms with van der Waals surface area (Å²) in [7, 11) is 0. The first-order valence-electron chi connectivity index (χ1n) is 3.59. The SMILES string of the molecule is O=C([O-])CCCCC(Cl)C(=O)[O-].[Na+].[Na+]. The van der Waals surface area contributed by atoms with E-state index in [2.05, 4.69) is 0 Å². The van der Waals surface area contributed by atoms with Crippen LogP contribution in [0.4, 0.5) is 0 Å². The number of rotatable bonds is 6. The first-order valence-corrected chi connectivity index (χ1v) is 4.02. The van der Waals surface area contributed by atoms with E-state index < -0.39 is 17.3 Å². The third-order valence-electron chi connectivity index (χ3n) is 1.34. The topological polar surface area (TPSA) is 80.3 Å². The van der Waals surface area contributed by atoms with Gasteiger partial charge >= 0.3 is 59.1 Å². The molecule has 0 aliphatic heterocycles. The fourth-order valence-corrected chi connectivity index (χ4v) is 0.865.